The molecule has 0 fully saturated rings. The van der Waals surface area contributed by atoms with E-state index < -0.39 is 18.2 Å². The zero-order valence-electron chi connectivity index (χ0n) is 35.6. The number of rotatable bonds is 40. The normalized spacial score (nSPS) is 13.8. The monoisotopic (exact) mass is 758 g/mol. The van der Waals surface area contributed by atoms with Crippen LogP contribution in [0.15, 0.2) is 48.6 Å². The molecule has 0 aromatic rings. The standard InChI is InChI=1S/C48H87NO5/c1-4-7-10-13-16-19-21-23-25-26-28-31-34-37-40-46(51)45(43-50)49-47(52)42-44(39-36-33-30-18-15-12-9-6-3)54-48(53)41-38-35-32-29-27-24-22-20-17-14-11-8-5-2/h8,11,14,17,20,22,24,27,44-46,50-51H,4-7,9-10,12-13,15-16,18-19,21,23,25-26,28-43H2,1-3H3,(H,49,52)/b11-8+,17-14+,22-20-,27-24-. The first-order valence-electron chi connectivity index (χ1n) is 22.9. The zero-order chi connectivity index (χ0) is 39.6. The quantitative estimate of drug-likeness (QED) is 0.0329. The highest BCUT2D eigenvalue weighted by molar-refractivity contribution is 5.77. The van der Waals surface area contributed by atoms with E-state index in [1.807, 2.05) is 30.4 Å². The largest absolute Gasteiger partial charge is 0.462 e. The molecule has 0 rings (SSSR count). The van der Waals surface area contributed by atoms with Gasteiger partial charge in [0.1, 0.15) is 6.10 Å². The van der Waals surface area contributed by atoms with Crippen molar-refractivity contribution in [1.29, 1.82) is 0 Å². The fraction of sp³-hybridized carbons (Fsp3) is 0.792. The second kappa shape index (κ2) is 42.0. The Morgan fingerprint density at radius 2 is 1.00 bits per heavy atom. The van der Waals surface area contributed by atoms with Gasteiger partial charge < -0.3 is 20.3 Å². The van der Waals surface area contributed by atoms with Gasteiger partial charge in [-0.1, -0.05) is 211 Å². The van der Waals surface area contributed by atoms with Crippen LogP contribution in [0.3, 0.4) is 0 Å². The number of nitrogens with one attached hydrogen (secondary N) is 1. The van der Waals surface area contributed by atoms with Crippen LogP contribution in [-0.2, 0) is 14.3 Å². The molecule has 54 heavy (non-hydrogen) atoms. The molecule has 3 unspecified atom stereocenters. The topological polar surface area (TPSA) is 95.9 Å². The fourth-order valence-corrected chi connectivity index (χ4v) is 6.79. The molecule has 0 aromatic heterocycles. The van der Waals surface area contributed by atoms with E-state index in [9.17, 15) is 19.8 Å². The number of aliphatic hydroxyl groups is 2. The van der Waals surface area contributed by atoms with Gasteiger partial charge in [0.2, 0.25) is 5.91 Å². The summed E-state index contributed by atoms with van der Waals surface area (Å²) in [4.78, 5) is 25.9. The Bertz CT molecular complexity index is 941. The molecule has 0 bridgehead atoms. The smallest absolute Gasteiger partial charge is 0.306 e. The summed E-state index contributed by atoms with van der Waals surface area (Å²) in [5, 5.41) is 23.6. The SMILES string of the molecule is CC/C=C/C=C/C=C\C=C/CCCCCC(=O)OC(CCCCCCCCCC)CC(=O)NC(CO)C(O)CCCCCCCCCCCCCCCC. The van der Waals surface area contributed by atoms with Crippen LogP contribution in [0.4, 0.5) is 0 Å². The van der Waals surface area contributed by atoms with Crippen LogP contribution >= 0.6 is 0 Å². The molecule has 0 aliphatic rings. The van der Waals surface area contributed by atoms with Crippen LogP contribution in [0.5, 0.6) is 0 Å². The Balaban J connectivity index is 4.52. The highest BCUT2D eigenvalue weighted by Gasteiger charge is 2.24. The molecule has 6 heteroatoms. The van der Waals surface area contributed by atoms with E-state index in [1.54, 1.807) is 0 Å². The second-order valence-electron chi connectivity index (χ2n) is 15.5. The summed E-state index contributed by atoms with van der Waals surface area (Å²) in [7, 11) is 0. The van der Waals surface area contributed by atoms with Gasteiger partial charge in [0.05, 0.1) is 25.2 Å². The number of carbonyl (C=O) groups excluding carboxylic acids is 2. The molecule has 1 amide bonds. The molecule has 0 heterocycles. The maximum absolute atomic E-state index is 13.1. The summed E-state index contributed by atoms with van der Waals surface area (Å²) < 4.78 is 5.86. The van der Waals surface area contributed by atoms with Gasteiger partial charge in [0.25, 0.3) is 0 Å². The van der Waals surface area contributed by atoms with Crippen molar-refractivity contribution < 1.29 is 24.5 Å². The average Bonchev–Trinajstić information content (AvgIpc) is 3.16. The number of unbranched alkanes of at least 4 members (excludes halogenated alkanes) is 23. The Hall–Kier alpha value is -2.18. The van der Waals surface area contributed by atoms with Crippen LogP contribution in [0.1, 0.15) is 220 Å². The first-order chi connectivity index (χ1) is 26.5. The third-order valence-electron chi connectivity index (χ3n) is 10.3. The van der Waals surface area contributed by atoms with Crippen molar-refractivity contribution in [3.8, 4) is 0 Å². The van der Waals surface area contributed by atoms with Crippen LogP contribution in [0, 0.1) is 0 Å². The molecule has 0 aliphatic carbocycles. The van der Waals surface area contributed by atoms with Gasteiger partial charge in [-0.05, 0) is 44.9 Å². The zero-order valence-corrected chi connectivity index (χ0v) is 35.6. The lowest BCUT2D eigenvalue weighted by Gasteiger charge is -2.24. The van der Waals surface area contributed by atoms with E-state index in [4.69, 9.17) is 4.74 Å². The fourth-order valence-electron chi connectivity index (χ4n) is 6.79. The molecular formula is C48H87NO5. The van der Waals surface area contributed by atoms with E-state index in [0.29, 0.717) is 19.3 Å². The van der Waals surface area contributed by atoms with Crippen molar-refractivity contribution in [2.24, 2.45) is 0 Å². The maximum Gasteiger partial charge on any atom is 0.306 e. The highest BCUT2D eigenvalue weighted by atomic mass is 16.5. The van der Waals surface area contributed by atoms with Crippen LogP contribution < -0.4 is 5.32 Å². The molecule has 3 N–H and O–H groups in total. The van der Waals surface area contributed by atoms with E-state index >= 15 is 0 Å². The molecule has 0 saturated heterocycles. The lowest BCUT2D eigenvalue weighted by molar-refractivity contribution is -0.151. The van der Waals surface area contributed by atoms with Gasteiger partial charge in [0.15, 0.2) is 0 Å². The maximum atomic E-state index is 13.1. The Labute approximate surface area is 334 Å². The summed E-state index contributed by atoms with van der Waals surface area (Å²) in [5.74, 6) is -0.522. The van der Waals surface area contributed by atoms with Gasteiger partial charge in [-0.15, -0.1) is 0 Å². The number of aliphatic hydroxyl groups excluding tert-OH is 2. The van der Waals surface area contributed by atoms with E-state index in [0.717, 1.165) is 70.6 Å². The van der Waals surface area contributed by atoms with Gasteiger partial charge in [-0.25, -0.2) is 0 Å². The number of amides is 1. The molecule has 0 aliphatic heterocycles. The van der Waals surface area contributed by atoms with Crippen molar-refractivity contribution in [2.45, 2.75) is 238 Å². The molecule has 0 radical (unpaired) electrons. The van der Waals surface area contributed by atoms with Gasteiger partial charge in [-0.2, -0.15) is 0 Å². The lowest BCUT2D eigenvalue weighted by atomic mass is 10.0. The Kier molecular flexibility index (Phi) is 40.3. The number of ether oxygens (including phenoxy) is 1. The van der Waals surface area contributed by atoms with Crippen LogP contribution in [0.2, 0.25) is 0 Å². The number of hydrogen-bond donors (Lipinski definition) is 3. The van der Waals surface area contributed by atoms with Crippen molar-refractivity contribution >= 4 is 11.9 Å². The van der Waals surface area contributed by atoms with Gasteiger partial charge in [-0.3, -0.25) is 9.59 Å². The number of allylic oxidation sites excluding steroid dienone is 8. The van der Waals surface area contributed by atoms with E-state index in [-0.39, 0.29) is 24.9 Å². The third kappa shape index (κ3) is 36.8. The summed E-state index contributed by atoms with van der Waals surface area (Å²) in [6, 6.07) is -0.706. The van der Waals surface area contributed by atoms with E-state index in [1.165, 1.54) is 103 Å². The predicted molar refractivity (Wildman–Crippen MR) is 232 cm³/mol. The van der Waals surface area contributed by atoms with Crippen LogP contribution in [-0.4, -0.2) is 46.9 Å². The third-order valence-corrected chi connectivity index (χ3v) is 10.3. The summed E-state index contributed by atoms with van der Waals surface area (Å²) >= 11 is 0. The van der Waals surface area contributed by atoms with Crippen molar-refractivity contribution in [3.63, 3.8) is 0 Å². The van der Waals surface area contributed by atoms with E-state index in [2.05, 4.69) is 44.3 Å². The molecule has 0 aromatic carbocycles. The van der Waals surface area contributed by atoms with Crippen LogP contribution in [0.25, 0.3) is 0 Å². The molecule has 314 valence electrons. The van der Waals surface area contributed by atoms with Crippen molar-refractivity contribution in [2.75, 3.05) is 6.61 Å². The molecule has 0 spiro atoms. The summed E-state index contributed by atoms with van der Waals surface area (Å²) in [6.07, 6.45) is 48.9. The molecule has 6 nitrogen and oxygen atoms in total. The second-order valence-corrected chi connectivity index (χ2v) is 15.5. The van der Waals surface area contributed by atoms with Crippen molar-refractivity contribution in [3.05, 3.63) is 48.6 Å². The Morgan fingerprint density at radius 1 is 0.556 bits per heavy atom. The molecule has 3 atom stereocenters. The number of esters is 1. The molecular weight excluding hydrogens is 671 g/mol. The molecule has 0 saturated carbocycles. The summed E-state index contributed by atoms with van der Waals surface area (Å²) in [6.45, 7) is 6.30. The number of carbonyl (C=O) groups is 2. The highest BCUT2D eigenvalue weighted by Crippen LogP contribution is 2.17. The van der Waals surface area contributed by atoms with Gasteiger partial charge >= 0.3 is 5.97 Å². The minimum absolute atomic E-state index is 0.0622. The van der Waals surface area contributed by atoms with Gasteiger partial charge in [0, 0.05) is 6.42 Å². The predicted octanol–water partition coefficient (Wildman–Crippen LogP) is 13.1. The first-order valence-corrected chi connectivity index (χ1v) is 22.9. The summed E-state index contributed by atoms with van der Waals surface area (Å²) in [5.41, 5.74) is 0. The minimum atomic E-state index is -0.791. The lowest BCUT2D eigenvalue weighted by Crippen LogP contribution is -2.46. The first kappa shape index (κ1) is 51.8. The number of hydrogen-bond acceptors (Lipinski definition) is 5. The average molecular weight is 758 g/mol. The van der Waals surface area contributed by atoms with Crippen molar-refractivity contribution in [1.82, 2.24) is 5.32 Å². The Morgan fingerprint density at radius 3 is 1.50 bits per heavy atom. The minimum Gasteiger partial charge on any atom is -0.462 e.